The van der Waals surface area contributed by atoms with Gasteiger partial charge < -0.3 is 9.94 Å². The van der Waals surface area contributed by atoms with Gasteiger partial charge in [0, 0.05) is 11.1 Å². The fraction of sp³-hybridized carbons (Fsp3) is 0.231. The molecule has 1 aromatic carbocycles. The molecule has 0 fully saturated rings. The fourth-order valence-corrected chi connectivity index (χ4v) is 1.53. The van der Waals surface area contributed by atoms with Crippen LogP contribution in [-0.2, 0) is 20.6 Å². The van der Waals surface area contributed by atoms with E-state index in [4.69, 9.17) is 16.7 Å². The van der Waals surface area contributed by atoms with Crippen molar-refractivity contribution in [3.63, 3.8) is 0 Å². The number of rotatable bonds is 4. The van der Waals surface area contributed by atoms with Crippen LogP contribution >= 0.6 is 11.6 Å². The summed E-state index contributed by atoms with van der Waals surface area (Å²) in [7, 11) is 0. The number of benzene rings is 1. The number of carboxylic acids is 1. The molecule has 1 aromatic rings. The van der Waals surface area contributed by atoms with Crippen LogP contribution in [0.15, 0.2) is 29.3 Å². The Balaban J connectivity index is 2.88. The van der Waals surface area contributed by atoms with Gasteiger partial charge in [-0.1, -0.05) is 11.6 Å². The Labute approximate surface area is 128 Å². The Morgan fingerprint density at radius 3 is 2.32 bits per heavy atom. The maximum atomic E-state index is 12.7. The molecule has 5 nitrogen and oxygen atoms in total. The Kier molecular flexibility index (Phi) is 5.43. The van der Waals surface area contributed by atoms with Crippen molar-refractivity contribution >= 4 is 29.2 Å². The summed E-state index contributed by atoms with van der Waals surface area (Å²) in [6, 6.07) is 2.83. The third-order valence-corrected chi connectivity index (χ3v) is 3.05. The van der Waals surface area contributed by atoms with Gasteiger partial charge in [0.05, 0.1) is 16.3 Å². The van der Waals surface area contributed by atoms with Crippen LogP contribution in [0.3, 0.4) is 0 Å². The summed E-state index contributed by atoms with van der Waals surface area (Å²) < 4.78 is 38.0. The lowest BCUT2D eigenvalue weighted by atomic mass is 10.1. The Bertz CT molecular complexity index is 641. The van der Waals surface area contributed by atoms with Crippen LogP contribution in [0.1, 0.15) is 19.4 Å². The molecule has 22 heavy (non-hydrogen) atoms. The van der Waals surface area contributed by atoms with Crippen molar-refractivity contribution in [2.75, 3.05) is 5.48 Å². The SMILES string of the molecule is CC(C(=O)O)=C(C)C(=O)ONc1ccc(Cl)c(C(F)(F)F)c1. The molecule has 0 aliphatic heterocycles. The molecular formula is C13H11ClF3NO4. The van der Waals surface area contributed by atoms with E-state index in [0.29, 0.717) is 6.07 Å². The lowest BCUT2D eigenvalue weighted by Crippen LogP contribution is -2.15. The first-order valence-electron chi connectivity index (χ1n) is 5.78. The fourth-order valence-electron chi connectivity index (χ4n) is 1.30. The second-order valence-electron chi connectivity index (χ2n) is 4.24. The molecule has 0 aliphatic carbocycles. The smallest absolute Gasteiger partial charge is 0.417 e. The van der Waals surface area contributed by atoms with Gasteiger partial charge in [-0.05, 0) is 32.0 Å². The third kappa shape index (κ3) is 4.39. The first-order valence-corrected chi connectivity index (χ1v) is 6.16. The average molecular weight is 338 g/mol. The van der Waals surface area contributed by atoms with E-state index in [1.165, 1.54) is 19.9 Å². The van der Waals surface area contributed by atoms with Crippen LogP contribution in [0.5, 0.6) is 0 Å². The first-order chi connectivity index (χ1) is 10.0. The summed E-state index contributed by atoms with van der Waals surface area (Å²) in [5.41, 5.74) is 0.342. The highest BCUT2D eigenvalue weighted by molar-refractivity contribution is 6.31. The molecule has 0 saturated carbocycles. The highest BCUT2D eigenvalue weighted by Gasteiger charge is 2.33. The minimum atomic E-state index is -4.66. The minimum absolute atomic E-state index is 0.161. The second-order valence-corrected chi connectivity index (χ2v) is 4.65. The largest absolute Gasteiger partial charge is 0.478 e. The molecular weight excluding hydrogens is 327 g/mol. The number of hydrogen-bond acceptors (Lipinski definition) is 4. The molecule has 0 bridgehead atoms. The Morgan fingerprint density at radius 2 is 1.82 bits per heavy atom. The highest BCUT2D eigenvalue weighted by atomic mass is 35.5. The van der Waals surface area contributed by atoms with Crippen molar-refractivity contribution < 1.29 is 32.7 Å². The van der Waals surface area contributed by atoms with Crippen molar-refractivity contribution in [1.82, 2.24) is 0 Å². The maximum Gasteiger partial charge on any atom is 0.417 e. The van der Waals surface area contributed by atoms with Crippen LogP contribution in [0.2, 0.25) is 5.02 Å². The maximum absolute atomic E-state index is 12.7. The molecule has 0 aliphatic rings. The van der Waals surface area contributed by atoms with Crippen molar-refractivity contribution in [3.8, 4) is 0 Å². The minimum Gasteiger partial charge on any atom is -0.478 e. The number of carbonyl (C=O) groups is 2. The normalized spacial score (nSPS) is 12.5. The quantitative estimate of drug-likeness (QED) is 0.648. The predicted octanol–water partition coefficient (Wildman–Crippen LogP) is 3.65. The van der Waals surface area contributed by atoms with E-state index in [2.05, 4.69) is 4.84 Å². The summed E-state index contributed by atoms with van der Waals surface area (Å²) in [4.78, 5) is 26.8. The van der Waals surface area contributed by atoms with Gasteiger partial charge in [-0.25, -0.2) is 15.1 Å². The average Bonchev–Trinajstić information content (AvgIpc) is 2.43. The predicted molar refractivity (Wildman–Crippen MR) is 72.2 cm³/mol. The van der Waals surface area contributed by atoms with Gasteiger partial charge in [0.15, 0.2) is 0 Å². The lowest BCUT2D eigenvalue weighted by molar-refractivity contribution is -0.138. The van der Waals surface area contributed by atoms with Gasteiger partial charge in [0.1, 0.15) is 0 Å². The molecule has 2 N–H and O–H groups in total. The van der Waals surface area contributed by atoms with Crippen molar-refractivity contribution in [3.05, 3.63) is 39.9 Å². The van der Waals surface area contributed by atoms with Gasteiger partial charge in [0.25, 0.3) is 0 Å². The van der Waals surface area contributed by atoms with Crippen LogP contribution < -0.4 is 5.48 Å². The third-order valence-electron chi connectivity index (χ3n) is 2.72. The van der Waals surface area contributed by atoms with Gasteiger partial charge >= 0.3 is 18.1 Å². The summed E-state index contributed by atoms with van der Waals surface area (Å²) in [5, 5.41) is 8.22. The van der Waals surface area contributed by atoms with Gasteiger partial charge in [0.2, 0.25) is 0 Å². The Hall–Kier alpha value is -2.22. The molecule has 1 rings (SSSR count). The number of halogens is 4. The molecule has 0 aromatic heterocycles. The highest BCUT2D eigenvalue weighted by Crippen LogP contribution is 2.36. The number of nitrogens with one attached hydrogen (secondary N) is 1. The van der Waals surface area contributed by atoms with E-state index in [9.17, 15) is 22.8 Å². The van der Waals surface area contributed by atoms with Crippen molar-refractivity contribution in [2.24, 2.45) is 0 Å². The Morgan fingerprint density at radius 1 is 1.23 bits per heavy atom. The summed E-state index contributed by atoms with van der Waals surface area (Å²) in [6.45, 7) is 2.42. The van der Waals surface area contributed by atoms with E-state index in [1.807, 2.05) is 5.48 Å². The van der Waals surface area contributed by atoms with E-state index in [0.717, 1.165) is 6.07 Å². The van der Waals surface area contributed by atoms with Gasteiger partial charge in [-0.2, -0.15) is 13.2 Å². The number of alkyl halides is 3. The topological polar surface area (TPSA) is 75.6 Å². The molecule has 0 heterocycles. The zero-order valence-electron chi connectivity index (χ0n) is 11.4. The van der Waals surface area contributed by atoms with Crippen LogP contribution in [0.4, 0.5) is 18.9 Å². The molecule has 0 radical (unpaired) electrons. The number of carbonyl (C=O) groups excluding carboxylic acids is 1. The van der Waals surface area contributed by atoms with Crippen LogP contribution in [-0.4, -0.2) is 17.0 Å². The first kappa shape index (κ1) is 17.8. The molecule has 0 saturated heterocycles. The van der Waals surface area contributed by atoms with E-state index in [-0.39, 0.29) is 16.8 Å². The molecule has 0 unspecified atom stereocenters. The van der Waals surface area contributed by atoms with Gasteiger partial charge in [-0.15, -0.1) is 0 Å². The number of anilines is 1. The summed E-state index contributed by atoms with van der Waals surface area (Å²) in [5.74, 6) is -2.33. The van der Waals surface area contributed by atoms with E-state index in [1.54, 1.807) is 0 Å². The van der Waals surface area contributed by atoms with Crippen LogP contribution in [0, 0.1) is 0 Å². The molecule has 0 amide bonds. The van der Waals surface area contributed by atoms with Gasteiger partial charge in [-0.3, -0.25) is 0 Å². The second kappa shape index (κ2) is 6.69. The van der Waals surface area contributed by atoms with E-state index >= 15 is 0 Å². The molecule has 120 valence electrons. The zero-order valence-corrected chi connectivity index (χ0v) is 12.2. The standard InChI is InChI=1S/C13H11ClF3NO4/c1-6(11(19)20)7(2)12(21)22-18-8-3-4-10(14)9(5-8)13(15,16)17/h3-5,18H,1-2H3,(H,19,20). The number of hydrogen-bond donors (Lipinski definition) is 2. The van der Waals surface area contributed by atoms with E-state index < -0.39 is 28.7 Å². The van der Waals surface area contributed by atoms with Crippen molar-refractivity contribution in [2.45, 2.75) is 20.0 Å². The number of aliphatic carboxylic acids is 1. The summed E-state index contributed by atoms with van der Waals surface area (Å²) >= 11 is 5.44. The summed E-state index contributed by atoms with van der Waals surface area (Å²) in [6.07, 6.45) is -4.66. The monoisotopic (exact) mass is 337 g/mol. The molecule has 9 heteroatoms. The molecule has 0 spiro atoms. The molecule has 0 atom stereocenters. The lowest BCUT2D eigenvalue weighted by Gasteiger charge is -2.12. The van der Waals surface area contributed by atoms with Crippen molar-refractivity contribution in [1.29, 1.82) is 0 Å². The number of carboxylic acid groups (broad SMARTS) is 1. The van der Waals surface area contributed by atoms with Crippen LogP contribution in [0.25, 0.3) is 0 Å². The zero-order chi connectivity index (χ0) is 17.1.